The molecule has 10 nitrogen and oxygen atoms in total. The highest BCUT2D eigenvalue weighted by atomic mass is 16.4. The highest BCUT2D eigenvalue weighted by Crippen LogP contribution is 2.23. The molecule has 0 spiro atoms. The number of rotatable bonds is 7. The summed E-state index contributed by atoms with van der Waals surface area (Å²) in [6.45, 7) is 4.38. The Morgan fingerprint density at radius 2 is 1.48 bits per heavy atom. The van der Waals surface area contributed by atoms with Gasteiger partial charge < -0.3 is 30.4 Å². The van der Waals surface area contributed by atoms with Crippen molar-refractivity contribution in [2.45, 2.75) is 32.1 Å². The van der Waals surface area contributed by atoms with Crippen LogP contribution in [0, 0.1) is 0 Å². The molecule has 0 aliphatic rings. The van der Waals surface area contributed by atoms with Crippen LogP contribution in [0.1, 0.15) is 25.5 Å². The van der Waals surface area contributed by atoms with Crippen LogP contribution in [-0.4, -0.2) is 81.3 Å². The summed E-state index contributed by atoms with van der Waals surface area (Å²) in [5.41, 5.74) is 1.85. The fourth-order valence-electron chi connectivity index (χ4n) is 1.95. The number of benzene rings is 1. The second-order valence-corrected chi connectivity index (χ2v) is 5.83. The highest BCUT2D eigenvalue weighted by Gasteiger charge is 2.29. The Balaban J connectivity index is 0.000000580. The molecule has 1 aromatic carbocycles. The van der Waals surface area contributed by atoms with E-state index in [1.165, 1.54) is 4.90 Å². The number of hydrogen-bond acceptors (Lipinski definition) is 6. The average molecular weight is 386 g/mol. The van der Waals surface area contributed by atoms with Gasteiger partial charge in [0.05, 0.1) is 0 Å². The Morgan fingerprint density at radius 3 is 1.81 bits per heavy atom. The van der Waals surface area contributed by atoms with Crippen LogP contribution in [0.3, 0.4) is 0 Å². The van der Waals surface area contributed by atoms with Crippen molar-refractivity contribution in [2.24, 2.45) is 0 Å². The first-order valence-corrected chi connectivity index (χ1v) is 8.02. The van der Waals surface area contributed by atoms with Gasteiger partial charge in [0.15, 0.2) is 12.2 Å². The third-order valence-electron chi connectivity index (χ3n) is 3.79. The Kier molecular flexibility index (Phi) is 10.0. The molecule has 152 valence electrons. The predicted molar refractivity (Wildman–Crippen MR) is 96.9 cm³/mol. The monoisotopic (exact) mass is 386 g/mol. The predicted octanol–water partition coefficient (Wildman–Crippen LogP) is 0.691. The molecule has 0 aromatic heterocycles. The number of amides is 1. The fraction of sp³-hybridized carbons (Fsp3) is 0.471. The van der Waals surface area contributed by atoms with Gasteiger partial charge in [0.1, 0.15) is 0 Å². The number of aliphatic carboxylic acids is 2. The van der Waals surface area contributed by atoms with Crippen molar-refractivity contribution in [3.05, 3.63) is 29.8 Å². The van der Waals surface area contributed by atoms with E-state index in [0.29, 0.717) is 6.54 Å². The molecule has 1 rings (SSSR count). The zero-order valence-corrected chi connectivity index (χ0v) is 15.6. The third kappa shape index (κ3) is 7.60. The van der Waals surface area contributed by atoms with Gasteiger partial charge in [0, 0.05) is 18.3 Å². The first kappa shape index (κ1) is 24.3. The molecule has 0 aliphatic carbocycles. The molecule has 0 aliphatic heterocycles. The summed E-state index contributed by atoms with van der Waals surface area (Å²) in [6.07, 6.45) is -5.45. The van der Waals surface area contributed by atoms with Crippen molar-refractivity contribution >= 4 is 23.7 Å². The van der Waals surface area contributed by atoms with E-state index in [9.17, 15) is 14.4 Å². The summed E-state index contributed by atoms with van der Waals surface area (Å²) in [6, 6.07) is 7.94. The Labute approximate surface area is 156 Å². The smallest absolute Gasteiger partial charge is 0.411 e. The van der Waals surface area contributed by atoms with Crippen LogP contribution in [0.25, 0.3) is 0 Å². The summed E-state index contributed by atoms with van der Waals surface area (Å²) < 4.78 is 0. The van der Waals surface area contributed by atoms with Crippen LogP contribution in [0.5, 0.6) is 0 Å². The van der Waals surface area contributed by atoms with E-state index in [0.717, 1.165) is 11.3 Å². The number of nitrogens with zero attached hydrogens (tertiary/aromatic N) is 2. The van der Waals surface area contributed by atoms with E-state index >= 15 is 0 Å². The van der Waals surface area contributed by atoms with Gasteiger partial charge in [0.2, 0.25) is 0 Å². The van der Waals surface area contributed by atoms with Gasteiger partial charge in [-0.15, -0.1) is 0 Å². The molecule has 3 unspecified atom stereocenters. The van der Waals surface area contributed by atoms with E-state index in [2.05, 4.69) is 11.8 Å². The summed E-state index contributed by atoms with van der Waals surface area (Å²) in [7, 11) is 4.01. The van der Waals surface area contributed by atoms with E-state index < -0.39 is 30.2 Å². The van der Waals surface area contributed by atoms with Crippen LogP contribution in [0.15, 0.2) is 24.3 Å². The molecule has 0 heterocycles. The number of aliphatic hydroxyl groups is 2. The van der Waals surface area contributed by atoms with Crippen molar-refractivity contribution in [1.29, 1.82) is 0 Å². The molecule has 0 bridgehead atoms. The molecular formula is C17H26N2O8. The molecule has 0 fully saturated rings. The van der Waals surface area contributed by atoms with Crippen molar-refractivity contribution in [1.82, 2.24) is 4.90 Å². The van der Waals surface area contributed by atoms with E-state index in [4.69, 9.17) is 25.5 Å². The molecule has 1 aromatic rings. The maximum Gasteiger partial charge on any atom is 0.411 e. The second-order valence-electron chi connectivity index (χ2n) is 5.83. The van der Waals surface area contributed by atoms with Crippen molar-refractivity contribution < 1.29 is 39.9 Å². The van der Waals surface area contributed by atoms with Crippen molar-refractivity contribution in [2.75, 3.05) is 25.5 Å². The quantitative estimate of drug-likeness (QED) is 0.454. The van der Waals surface area contributed by atoms with Gasteiger partial charge in [-0.05, 0) is 45.6 Å². The van der Waals surface area contributed by atoms with Gasteiger partial charge in [-0.25, -0.2) is 14.4 Å². The van der Waals surface area contributed by atoms with E-state index in [-0.39, 0.29) is 6.04 Å². The zero-order chi connectivity index (χ0) is 21.3. The average Bonchev–Trinajstić information content (AvgIpc) is 2.60. The van der Waals surface area contributed by atoms with Crippen LogP contribution in [0.4, 0.5) is 10.5 Å². The molecule has 3 atom stereocenters. The van der Waals surface area contributed by atoms with Gasteiger partial charge in [0.25, 0.3) is 0 Å². The summed E-state index contributed by atoms with van der Waals surface area (Å²) in [5, 5.41) is 41.6. The molecule has 27 heavy (non-hydrogen) atoms. The molecular weight excluding hydrogens is 360 g/mol. The number of aliphatic hydroxyl groups excluding tert-OH is 2. The topological polar surface area (TPSA) is 159 Å². The van der Waals surface area contributed by atoms with E-state index in [1.807, 2.05) is 45.3 Å². The van der Waals surface area contributed by atoms with Crippen molar-refractivity contribution in [3.8, 4) is 0 Å². The molecule has 1 amide bonds. The van der Waals surface area contributed by atoms with Crippen LogP contribution in [0.2, 0.25) is 0 Å². The summed E-state index contributed by atoms with van der Waals surface area (Å²) >= 11 is 0. The van der Waals surface area contributed by atoms with E-state index in [1.54, 1.807) is 0 Å². The summed E-state index contributed by atoms with van der Waals surface area (Å²) in [4.78, 5) is 34.0. The van der Waals surface area contributed by atoms with Gasteiger partial charge >= 0.3 is 18.0 Å². The minimum atomic E-state index is -2.27. The Bertz CT molecular complexity index is 632. The number of hydrogen-bond donors (Lipinski definition) is 5. The molecule has 0 saturated carbocycles. The van der Waals surface area contributed by atoms with Gasteiger partial charge in [-0.2, -0.15) is 0 Å². The third-order valence-corrected chi connectivity index (χ3v) is 3.79. The maximum atomic E-state index is 11.1. The highest BCUT2D eigenvalue weighted by molar-refractivity contribution is 5.86. The van der Waals surface area contributed by atoms with Crippen LogP contribution >= 0.6 is 0 Å². The SMILES string of the molecule is CCN(C(=O)O)c1cccc(C(C)N(C)C)c1.O=C(O)C(O)C(O)C(=O)O. The second kappa shape index (κ2) is 11.1. The zero-order valence-electron chi connectivity index (χ0n) is 15.6. The Morgan fingerprint density at radius 1 is 1.00 bits per heavy atom. The normalized spacial score (nSPS) is 13.7. The minimum absolute atomic E-state index is 0.266. The van der Waals surface area contributed by atoms with Crippen molar-refractivity contribution in [3.63, 3.8) is 0 Å². The first-order valence-electron chi connectivity index (χ1n) is 8.02. The Hall–Kier alpha value is -2.69. The van der Waals surface area contributed by atoms with Crippen LogP contribution in [-0.2, 0) is 9.59 Å². The lowest BCUT2D eigenvalue weighted by atomic mass is 10.1. The fourth-order valence-corrected chi connectivity index (χ4v) is 1.95. The summed E-state index contributed by atoms with van der Waals surface area (Å²) in [5.74, 6) is -3.54. The number of carboxylic acids is 2. The lowest BCUT2D eigenvalue weighted by Crippen LogP contribution is -2.39. The maximum absolute atomic E-state index is 11.1. The largest absolute Gasteiger partial charge is 0.479 e. The van der Waals surface area contributed by atoms with Gasteiger partial charge in [-0.3, -0.25) is 4.90 Å². The number of anilines is 1. The molecule has 0 saturated heterocycles. The van der Waals surface area contributed by atoms with Gasteiger partial charge in [-0.1, -0.05) is 12.1 Å². The number of carbonyl (C=O) groups is 3. The minimum Gasteiger partial charge on any atom is -0.479 e. The first-order chi connectivity index (χ1) is 12.4. The lowest BCUT2D eigenvalue weighted by Gasteiger charge is -2.23. The lowest BCUT2D eigenvalue weighted by molar-refractivity contribution is -0.165. The molecule has 5 N–H and O–H groups in total. The molecule has 10 heteroatoms. The van der Waals surface area contributed by atoms with Crippen LogP contribution < -0.4 is 4.90 Å². The molecule has 0 radical (unpaired) electrons. The number of carboxylic acid groups (broad SMARTS) is 3. The standard InChI is InChI=1S/C13H20N2O2.C4H6O6/c1-5-15(13(16)17)12-8-6-7-11(9-12)10(2)14(3)4;5-1(3(7)8)2(6)4(9)10/h6-10H,5H2,1-4H3,(H,16,17);1-2,5-6H,(H,7,8)(H,9,10).